The van der Waals surface area contributed by atoms with Crippen LogP contribution in [0.4, 0.5) is 0 Å². The summed E-state index contributed by atoms with van der Waals surface area (Å²) in [5, 5.41) is 3.57. The molecule has 1 aliphatic rings. The average Bonchev–Trinajstić information content (AvgIpc) is 2.44. The molecule has 106 valence electrons. The van der Waals surface area contributed by atoms with Gasteiger partial charge in [0.05, 0.1) is 0 Å². The Labute approximate surface area is 133 Å². The van der Waals surface area contributed by atoms with Crippen molar-refractivity contribution in [2.75, 3.05) is 7.05 Å². The van der Waals surface area contributed by atoms with Crippen molar-refractivity contribution in [1.29, 1.82) is 0 Å². The molecule has 3 atom stereocenters. The molecule has 3 heteroatoms. The van der Waals surface area contributed by atoms with Gasteiger partial charge in [-0.15, -0.1) is 0 Å². The first-order valence-corrected chi connectivity index (χ1v) is 8.88. The Hall–Kier alpha value is 0.140. The third-order valence-electron chi connectivity index (χ3n) is 4.52. The molecule has 0 amide bonds. The van der Waals surface area contributed by atoms with Gasteiger partial charge < -0.3 is 5.32 Å². The van der Waals surface area contributed by atoms with E-state index in [0.29, 0.717) is 6.04 Å². The van der Waals surface area contributed by atoms with Gasteiger partial charge in [0.2, 0.25) is 0 Å². The quantitative estimate of drug-likeness (QED) is 0.698. The van der Waals surface area contributed by atoms with Crippen molar-refractivity contribution in [2.45, 2.75) is 45.1 Å². The number of halogens is 2. The molecule has 2 rings (SSSR count). The molecule has 1 saturated carbocycles. The van der Waals surface area contributed by atoms with Crippen LogP contribution in [0.2, 0.25) is 0 Å². The van der Waals surface area contributed by atoms with Crippen molar-refractivity contribution in [3.63, 3.8) is 0 Å². The van der Waals surface area contributed by atoms with Crippen molar-refractivity contribution < 1.29 is 0 Å². The third-order valence-corrected chi connectivity index (χ3v) is 5.74. The van der Waals surface area contributed by atoms with Crippen molar-refractivity contribution >= 4 is 31.9 Å². The maximum atomic E-state index is 3.72. The van der Waals surface area contributed by atoms with Crippen LogP contribution in [-0.2, 0) is 0 Å². The highest BCUT2D eigenvalue weighted by Crippen LogP contribution is 2.42. The molecule has 0 bridgehead atoms. The molecule has 1 aromatic rings. The Kier molecular flexibility index (Phi) is 5.91. The SMILES string of the molecule is CCC1CCCCC1C(NC)c1cc(Br)ccc1Br. The van der Waals surface area contributed by atoms with Crippen LogP contribution in [0.15, 0.2) is 27.1 Å². The zero-order chi connectivity index (χ0) is 13.8. The standard InChI is InChI=1S/C16H23Br2N/c1-3-11-6-4-5-7-13(11)16(19-2)14-10-12(17)8-9-15(14)18/h8-11,13,16,19H,3-7H2,1-2H3. The second-order valence-corrected chi connectivity index (χ2v) is 7.32. The molecule has 0 aliphatic heterocycles. The summed E-state index contributed by atoms with van der Waals surface area (Å²) < 4.78 is 2.38. The highest BCUT2D eigenvalue weighted by molar-refractivity contribution is 9.11. The second-order valence-electron chi connectivity index (χ2n) is 5.55. The van der Waals surface area contributed by atoms with E-state index in [9.17, 15) is 0 Å². The van der Waals surface area contributed by atoms with Gasteiger partial charge in [-0.2, -0.15) is 0 Å². The van der Waals surface area contributed by atoms with Gasteiger partial charge in [0, 0.05) is 15.0 Å². The number of nitrogens with one attached hydrogen (secondary N) is 1. The molecule has 1 nitrogen and oxygen atoms in total. The van der Waals surface area contributed by atoms with Crippen molar-refractivity contribution in [3.05, 3.63) is 32.7 Å². The van der Waals surface area contributed by atoms with E-state index in [1.807, 2.05) is 0 Å². The van der Waals surface area contributed by atoms with Crippen LogP contribution in [-0.4, -0.2) is 7.05 Å². The summed E-state index contributed by atoms with van der Waals surface area (Å²) >= 11 is 7.32. The summed E-state index contributed by atoms with van der Waals surface area (Å²) in [6.45, 7) is 2.34. The fraction of sp³-hybridized carbons (Fsp3) is 0.625. The van der Waals surface area contributed by atoms with E-state index in [1.165, 1.54) is 42.1 Å². The minimum atomic E-state index is 0.456. The lowest BCUT2D eigenvalue weighted by Gasteiger charge is -2.37. The van der Waals surface area contributed by atoms with Crippen LogP contribution in [0.3, 0.4) is 0 Å². The van der Waals surface area contributed by atoms with E-state index in [1.54, 1.807) is 0 Å². The van der Waals surface area contributed by atoms with E-state index in [2.05, 4.69) is 69.3 Å². The van der Waals surface area contributed by atoms with Gasteiger partial charge in [-0.05, 0) is 49.1 Å². The predicted octanol–water partition coefficient (Wildman–Crippen LogP) is 5.69. The van der Waals surface area contributed by atoms with E-state index in [0.717, 1.165) is 16.3 Å². The summed E-state index contributed by atoms with van der Waals surface area (Å²) in [5.74, 6) is 1.62. The van der Waals surface area contributed by atoms with Gasteiger partial charge >= 0.3 is 0 Å². The Morgan fingerprint density at radius 1 is 1.26 bits per heavy atom. The van der Waals surface area contributed by atoms with Gasteiger partial charge in [0.25, 0.3) is 0 Å². The van der Waals surface area contributed by atoms with Crippen molar-refractivity contribution in [2.24, 2.45) is 11.8 Å². The summed E-state index contributed by atoms with van der Waals surface area (Å²) in [6.07, 6.45) is 6.83. The first kappa shape index (κ1) is 15.5. The van der Waals surface area contributed by atoms with Crippen LogP contribution >= 0.6 is 31.9 Å². The van der Waals surface area contributed by atoms with Crippen LogP contribution in [0.1, 0.15) is 50.6 Å². The summed E-state index contributed by atoms with van der Waals surface area (Å²) in [7, 11) is 2.10. The fourth-order valence-corrected chi connectivity index (χ4v) is 4.41. The molecule has 0 heterocycles. The molecule has 0 spiro atoms. The lowest BCUT2D eigenvalue weighted by Crippen LogP contribution is -2.32. The fourth-order valence-electron chi connectivity index (χ4n) is 3.54. The van der Waals surface area contributed by atoms with Gasteiger partial charge in [-0.1, -0.05) is 64.5 Å². The summed E-state index contributed by atoms with van der Waals surface area (Å²) in [6, 6.07) is 6.95. The maximum absolute atomic E-state index is 3.72. The number of benzene rings is 1. The van der Waals surface area contributed by atoms with Gasteiger partial charge in [0.15, 0.2) is 0 Å². The molecule has 3 unspecified atom stereocenters. The molecule has 19 heavy (non-hydrogen) atoms. The molecule has 1 N–H and O–H groups in total. The van der Waals surface area contributed by atoms with Crippen molar-refractivity contribution in [3.8, 4) is 0 Å². The van der Waals surface area contributed by atoms with Crippen molar-refractivity contribution in [1.82, 2.24) is 5.32 Å². The lowest BCUT2D eigenvalue weighted by molar-refractivity contribution is 0.180. The minimum Gasteiger partial charge on any atom is -0.313 e. The first-order valence-electron chi connectivity index (χ1n) is 7.29. The molecule has 1 aliphatic carbocycles. The zero-order valence-electron chi connectivity index (χ0n) is 11.8. The van der Waals surface area contributed by atoms with Crippen LogP contribution in [0.5, 0.6) is 0 Å². The van der Waals surface area contributed by atoms with E-state index in [-0.39, 0.29) is 0 Å². The smallest absolute Gasteiger partial charge is 0.0360 e. The number of rotatable bonds is 4. The molecule has 0 saturated heterocycles. The molecular weight excluding hydrogens is 366 g/mol. The van der Waals surface area contributed by atoms with Gasteiger partial charge in [-0.25, -0.2) is 0 Å². The second kappa shape index (κ2) is 7.24. The maximum Gasteiger partial charge on any atom is 0.0360 e. The lowest BCUT2D eigenvalue weighted by atomic mass is 9.72. The predicted molar refractivity (Wildman–Crippen MR) is 89.4 cm³/mol. The first-order chi connectivity index (χ1) is 9.17. The molecular formula is C16H23Br2N. The van der Waals surface area contributed by atoms with Gasteiger partial charge in [-0.3, -0.25) is 0 Å². The number of hydrogen-bond acceptors (Lipinski definition) is 1. The number of hydrogen-bond donors (Lipinski definition) is 1. The molecule has 1 fully saturated rings. The molecule has 1 aromatic carbocycles. The summed E-state index contributed by atoms with van der Waals surface area (Å²) in [5.41, 5.74) is 1.39. The van der Waals surface area contributed by atoms with E-state index >= 15 is 0 Å². The van der Waals surface area contributed by atoms with Crippen LogP contribution in [0.25, 0.3) is 0 Å². The molecule has 0 aromatic heterocycles. The van der Waals surface area contributed by atoms with Gasteiger partial charge in [0.1, 0.15) is 0 Å². The zero-order valence-corrected chi connectivity index (χ0v) is 14.9. The van der Waals surface area contributed by atoms with Crippen LogP contribution < -0.4 is 5.32 Å². The summed E-state index contributed by atoms with van der Waals surface area (Å²) in [4.78, 5) is 0. The topological polar surface area (TPSA) is 12.0 Å². The van der Waals surface area contributed by atoms with Crippen LogP contribution in [0, 0.1) is 11.8 Å². The monoisotopic (exact) mass is 387 g/mol. The Bertz CT molecular complexity index is 419. The Balaban J connectivity index is 2.29. The highest BCUT2D eigenvalue weighted by atomic mass is 79.9. The highest BCUT2D eigenvalue weighted by Gasteiger charge is 2.31. The van der Waals surface area contributed by atoms with E-state index in [4.69, 9.17) is 0 Å². The minimum absolute atomic E-state index is 0.456. The Morgan fingerprint density at radius 2 is 2.00 bits per heavy atom. The largest absolute Gasteiger partial charge is 0.313 e. The third kappa shape index (κ3) is 3.62. The molecule has 0 radical (unpaired) electrons. The Morgan fingerprint density at radius 3 is 2.68 bits per heavy atom. The van der Waals surface area contributed by atoms with E-state index < -0.39 is 0 Å². The normalized spacial score (nSPS) is 25.3. The average molecular weight is 389 g/mol.